The van der Waals surface area contributed by atoms with E-state index < -0.39 is 0 Å². The van der Waals surface area contributed by atoms with Gasteiger partial charge in [0, 0.05) is 24.5 Å². The number of carbonyl (C=O) groups excluding carboxylic acids is 1. The Bertz CT molecular complexity index is 493. The zero-order valence-electron chi connectivity index (χ0n) is 9.42. The quantitative estimate of drug-likeness (QED) is 0.894. The summed E-state index contributed by atoms with van der Waals surface area (Å²) in [6, 6.07) is 1.84. The van der Waals surface area contributed by atoms with Gasteiger partial charge < -0.3 is 15.1 Å². The van der Waals surface area contributed by atoms with Crippen molar-refractivity contribution in [1.29, 1.82) is 0 Å². The predicted molar refractivity (Wildman–Crippen MR) is 65.4 cm³/mol. The van der Waals surface area contributed by atoms with Crippen LogP contribution >= 0.6 is 11.3 Å². The highest BCUT2D eigenvalue weighted by Gasteiger charge is 2.12. The van der Waals surface area contributed by atoms with Gasteiger partial charge in [0.05, 0.1) is 24.6 Å². The summed E-state index contributed by atoms with van der Waals surface area (Å²) in [6.07, 6.45) is 3.50. The Labute approximate surface area is 103 Å². The number of hydrogen-bond acceptors (Lipinski definition) is 5. The van der Waals surface area contributed by atoms with Crippen LogP contribution in [0.1, 0.15) is 11.3 Å². The Balaban J connectivity index is 1.91. The molecule has 0 aromatic carbocycles. The number of carbonyl (C=O) groups is 1. The lowest BCUT2D eigenvalue weighted by Crippen LogP contribution is -2.27. The molecule has 0 aliphatic rings. The van der Waals surface area contributed by atoms with Crippen molar-refractivity contribution in [2.75, 3.05) is 12.8 Å². The molecular formula is C11H13N3O2S. The molecule has 0 saturated carbocycles. The van der Waals surface area contributed by atoms with E-state index >= 15 is 0 Å². The summed E-state index contributed by atoms with van der Waals surface area (Å²) in [6.45, 7) is 0.537. The van der Waals surface area contributed by atoms with Crippen LogP contribution in [0.5, 0.6) is 0 Å². The molecule has 2 aromatic rings. The van der Waals surface area contributed by atoms with E-state index in [-0.39, 0.29) is 12.3 Å². The highest BCUT2D eigenvalue weighted by Crippen LogP contribution is 2.12. The molecular weight excluding hydrogens is 238 g/mol. The minimum atomic E-state index is 0.0106. The summed E-state index contributed by atoms with van der Waals surface area (Å²) >= 11 is 1.34. The van der Waals surface area contributed by atoms with Crippen LogP contribution in [0.2, 0.25) is 0 Å². The second kappa shape index (κ2) is 5.01. The van der Waals surface area contributed by atoms with Crippen molar-refractivity contribution in [2.24, 2.45) is 0 Å². The SMILES string of the molecule is CN(Cc1ccoc1)C(=O)Cc1csc(N)n1. The van der Waals surface area contributed by atoms with E-state index in [0.29, 0.717) is 11.7 Å². The fraction of sp³-hybridized carbons (Fsp3) is 0.273. The number of nitrogen functional groups attached to an aromatic ring is 1. The van der Waals surface area contributed by atoms with Crippen LogP contribution in [-0.2, 0) is 17.8 Å². The summed E-state index contributed by atoms with van der Waals surface area (Å²) in [7, 11) is 1.76. The van der Waals surface area contributed by atoms with Crippen LogP contribution in [0, 0.1) is 0 Å². The maximum Gasteiger partial charge on any atom is 0.228 e. The molecule has 0 fully saturated rings. The van der Waals surface area contributed by atoms with E-state index in [1.807, 2.05) is 6.07 Å². The number of nitrogens with zero attached hydrogens (tertiary/aromatic N) is 2. The van der Waals surface area contributed by atoms with E-state index in [9.17, 15) is 4.79 Å². The van der Waals surface area contributed by atoms with Gasteiger partial charge in [0.15, 0.2) is 5.13 Å². The number of anilines is 1. The summed E-state index contributed by atoms with van der Waals surface area (Å²) in [5.41, 5.74) is 7.20. The third-order valence-corrected chi connectivity index (χ3v) is 3.05. The minimum Gasteiger partial charge on any atom is -0.472 e. The lowest BCUT2D eigenvalue weighted by molar-refractivity contribution is -0.129. The monoisotopic (exact) mass is 251 g/mol. The topological polar surface area (TPSA) is 72.4 Å². The van der Waals surface area contributed by atoms with Crippen LogP contribution in [0.15, 0.2) is 28.4 Å². The summed E-state index contributed by atoms with van der Waals surface area (Å²) in [5, 5.41) is 2.30. The van der Waals surface area contributed by atoms with Crippen molar-refractivity contribution in [1.82, 2.24) is 9.88 Å². The fourth-order valence-corrected chi connectivity index (χ4v) is 2.00. The molecule has 6 heteroatoms. The van der Waals surface area contributed by atoms with Crippen molar-refractivity contribution in [3.63, 3.8) is 0 Å². The molecule has 0 atom stereocenters. The Morgan fingerprint density at radius 3 is 3.06 bits per heavy atom. The molecule has 5 nitrogen and oxygen atoms in total. The van der Waals surface area contributed by atoms with Crippen molar-refractivity contribution >= 4 is 22.4 Å². The van der Waals surface area contributed by atoms with Gasteiger partial charge in [-0.15, -0.1) is 11.3 Å². The van der Waals surface area contributed by atoms with E-state index in [2.05, 4.69) is 4.98 Å². The van der Waals surface area contributed by atoms with Crippen molar-refractivity contribution < 1.29 is 9.21 Å². The number of rotatable bonds is 4. The number of amides is 1. The molecule has 0 aliphatic carbocycles. The van der Waals surface area contributed by atoms with Crippen LogP contribution in [0.25, 0.3) is 0 Å². The minimum absolute atomic E-state index is 0.0106. The molecule has 90 valence electrons. The van der Waals surface area contributed by atoms with Crippen LogP contribution in [-0.4, -0.2) is 22.8 Å². The summed E-state index contributed by atoms with van der Waals surface area (Å²) in [4.78, 5) is 17.6. The van der Waals surface area contributed by atoms with E-state index in [1.165, 1.54) is 11.3 Å². The zero-order chi connectivity index (χ0) is 12.3. The molecule has 0 aliphatic heterocycles. The van der Waals surface area contributed by atoms with Gasteiger partial charge in [-0.25, -0.2) is 4.98 Å². The predicted octanol–water partition coefficient (Wildman–Crippen LogP) is 1.52. The van der Waals surface area contributed by atoms with E-state index in [1.54, 1.807) is 29.9 Å². The third-order valence-electron chi connectivity index (χ3n) is 2.33. The van der Waals surface area contributed by atoms with Crippen LogP contribution in [0.4, 0.5) is 5.13 Å². The largest absolute Gasteiger partial charge is 0.472 e. The summed E-state index contributed by atoms with van der Waals surface area (Å²) < 4.78 is 4.95. The molecule has 0 unspecified atom stereocenters. The average Bonchev–Trinajstić information content (AvgIpc) is 2.90. The van der Waals surface area contributed by atoms with Gasteiger partial charge in [-0.3, -0.25) is 4.79 Å². The number of nitrogens with two attached hydrogens (primary N) is 1. The molecule has 2 rings (SSSR count). The van der Waals surface area contributed by atoms with Crippen molar-refractivity contribution in [2.45, 2.75) is 13.0 Å². The zero-order valence-corrected chi connectivity index (χ0v) is 10.2. The molecule has 1 amide bonds. The van der Waals surface area contributed by atoms with Gasteiger partial charge in [0.1, 0.15) is 0 Å². The first kappa shape index (κ1) is 11.7. The maximum absolute atomic E-state index is 11.9. The molecule has 0 bridgehead atoms. The molecule has 2 N–H and O–H groups in total. The molecule has 0 spiro atoms. The molecule has 17 heavy (non-hydrogen) atoms. The first-order valence-corrected chi connectivity index (χ1v) is 5.98. The molecule has 2 aromatic heterocycles. The van der Waals surface area contributed by atoms with Crippen LogP contribution < -0.4 is 5.73 Å². The number of likely N-dealkylation sites (N-methyl/N-ethyl adjacent to an activating group) is 1. The lowest BCUT2D eigenvalue weighted by atomic mass is 10.2. The number of hydrogen-bond donors (Lipinski definition) is 1. The van der Waals surface area contributed by atoms with E-state index in [4.69, 9.17) is 10.2 Å². The second-order valence-electron chi connectivity index (χ2n) is 3.74. The fourth-order valence-electron chi connectivity index (χ4n) is 1.44. The Morgan fingerprint density at radius 2 is 2.47 bits per heavy atom. The van der Waals surface area contributed by atoms with E-state index in [0.717, 1.165) is 11.3 Å². The van der Waals surface area contributed by atoms with Gasteiger partial charge in [-0.1, -0.05) is 0 Å². The maximum atomic E-state index is 11.9. The third kappa shape index (κ3) is 3.07. The molecule has 0 radical (unpaired) electrons. The Hall–Kier alpha value is -1.82. The highest BCUT2D eigenvalue weighted by molar-refractivity contribution is 7.13. The number of furan rings is 1. The first-order chi connectivity index (χ1) is 8.15. The standard InChI is InChI=1S/C11H13N3O2S/c1-14(5-8-2-3-16-6-8)10(15)4-9-7-17-11(12)13-9/h2-3,6-7H,4-5H2,1H3,(H2,12,13). The smallest absolute Gasteiger partial charge is 0.228 e. The van der Waals surface area contributed by atoms with Gasteiger partial charge in [-0.2, -0.15) is 0 Å². The normalized spacial score (nSPS) is 10.4. The molecule has 2 heterocycles. The number of aromatic nitrogens is 1. The Morgan fingerprint density at radius 1 is 1.65 bits per heavy atom. The average molecular weight is 251 g/mol. The molecule has 0 saturated heterocycles. The lowest BCUT2D eigenvalue weighted by Gasteiger charge is -2.15. The van der Waals surface area contributed by atoms with Gasteiger partial charge >= 0.3 is 0 Å². The van der Waals surface area contributed by atoms with Gasteiger partial charge in [0.25, 0.3) is 0 Å². The highest BCUT2D eigenvalue weighted by atomic mass is 32.1. The van der Waals surface area contributed by atoms with Crippen molar-refractivity contribution in [3.05, 3.63) is 35.2 Å². The second-order valence-corrected chi connectivity index (χ2v) is 4.62. The Kier molecular flexibility index (Phi) is 3.43. The summed E-state index contributed by atoms with van der Waals surface area (Å²) in [5.74, 6) is 0.0106. The van der Waals surface area contributed by atoms with Crippen molar-refractivity contribution in [3.8, 4) is 0 Å². The number of thiazole rings is 1. The van der Waals surface area contributed by atoms with Gasteiger partial charge in [0.2, 0.25) is 5.91 Å². The van der Waals surface area contributed by atoms with Gasteiger partial charge in [-0.05, 0) is 6.07 Å². The first-order valence-electron chi connectivity index (χ1n) is 5.10. The van der Waals surface area contributed by atoms with Crippen LogP contribution in [0.3, 0.4) is 0 Å².